The Morgan fingerprint density at radius 3 is 2.62 bits per heavy atom. The minimum Gasteiger partial charge on any atom is -0.424 e. The summed E-state index contributed by atoms with van der Waals surface area (Å²) >= 11 is 0. The number of nitrogens with zero attached hydrogens (tertiary/aromatic N) is 4. The van der Waals surface area contributed by atoms with Gasteiger partial charge in [-0.2, -0.15) is 0 Å². The molecule has 4 rings (SSSR count). The summed E-state index contributed by atoms with van der Waals surface area (Å²) in [5.74, 6) is 1.49. The molecule has 0 aliphatic heterocycles. The molecule has 2 aromatic carbocycles. The van der Waals surface area contributed by atoms with Gasteiger partial charge in [-0.1, -0.05) is 12.1 Å². The van der Waals surface area contributed by atoms with E-state index in [2.05, 4.69) is 20.3 Å². The van der Waals surface area contributed by atoms with E-state index in [1.54, 1.807) is 18.5 Å². The van der Waals surface area contributed by atoms with Crippen molar-refractivity contribution < 1.29 is 4.74 Å². The molecule has 2 heterocycles. The Hall–Kier alpha value is -3.61. The molecule has 3 N–H and O–H groups in total. The van der Waals surface area contributed by atoms with Gasteiger partial charge in [-0.3, -0.25) is 0 Å². The van der Waals surface area contributed by atoms with Gasteiger partial charge >= 0.3 is 6.01 Å². The molecule has 0 aliphatic carbocycles. The largest absolute Gasteiger partial charge is 0.424 e. The first-order valence-corrected chi connectivity index (χ1v) is 8.19. The van der Waals surface area contributed by atoms with Crippen molar-refractivity contribution in [3.8, 4) is 11.8 Å². The molecular formula is C19H18N6O. The maximum Gasteiger partial charge on any atom is 0.321 e. The lowest BCUT2D eigenvalue weighted by molar-refractivity contribution is 0.441. The summed E-state index contributed by atoms with van der Waals surface area (Å²) in [5.41, 5.74) is 9.60. The van der Waals surface area contributed by atoms with Crippen molar-refractivity contribution in [1.82, 2.24) is 19.5 Å². The molecule has 0 atom stereocenters. The van der Waals surface area contributed by atoms with Crippen LogP contribution < -0.4 is 15.8 Å². The highest BCUT2D eigenvalue weighted by Crippen LogP contribution is 2.22. The molecule has 2 aromatic heterocycles. The molecule has 0 fully saturated rings. The van der Waals surface area contributed by atoms with Crippen molar-refractivity contribution in [2.75, 3.05) is 11.1 Å². The predicted molar refractivity (Wildman–Crippen MR) is 101 cm³/mol. The Kier molecular flexibility index (Phi) is 4.10. The van der Waals surface area contributed by atoms with Crippen LogP contribution in [0.2, 0.25) is 0 Å². The number of nitrogens with two attached hydrogens (primary N) is 1. The van der Waals surface area contributed by atoms with Crippen molar-refractivity contribution >= 4 is 22.7 Å². The first-order chi connectivity index (χ1) is 12.7. The van der Waals surface area contributed by atoms with Gasteiger partial charge in [0, 0.05) is 31.7 Å². The summed E-state index contributed by atoms with van der Waals surface area (Å²) in [7, 11) is 1.97. The predicted octanol–water partition coefficient (Wildman–Crippen LogP) is 3.35. The molecular weight excluding hydrogens is 328 g/mol. The van der Waals surface area contributed by atoms with E-state index in [0.29, 0.717) is 18.3 Å². The summed E-state index contributed by atoms with van der Waals surface area (Å²) in [4.78, 5) is 12.7. The quantitative estimate of drug-likeness (QED) is 0.539. The van der Waals surface area contributed by atoms with Crippen molar-refractivity contribution in [3.05, 3.63) is 66.5 Å². The summed E-state index contributed by atoms with van der Waals surface area (Å²) < 4.78 is 7.59. The monoisotopic (exact) mass is 346 g/mol. The van der Waals surface area contributed by atoms with Gasteiger partial charge in [-0.05, 0) is 42.0 Å². The highest BCUT2D eigenvalue weighted by atomic mass is 16.5. The molecule has 130 valence electrons. The second kappa shape index (κ2) is 6.72. The van der Waals surface area contributed by atoms with Crippen LogP contribution in [0, 0.1) is 0 Å². The molecule has 0 saturated carbocycles. The van der Waals surface area contributed by atoms with E-state index in [1.165, 1.54) is 0 Å². The number of benzene rings is 2. The van der Waals surface area contributed by atoms with E-state index < -0.39 is 0 Å². The molecule has 0 bridgehead atoms. The van der Waals surface area contributed by atoms with Crippen LogP contribution in [0.3, 0.4) is 0 Å². The van der Waals surface area contributed by atoms with Gasteiger partial charge < -0.3 is 20.4 Å². The van der Waals surface area contributed by atoms with E-state index in [4.69, 9.17) is 10.5 Å². The average molecular weight is 346 g/mol. The smallest absolute Gasteiger partial charge is 0.321 e. The lowest BCUT2D eigenvalue weighted by atomic mass is 10.2. The van der Waals surface area contributed by atoms with Crippen LogP contribution in [-0.2, 0) is 13.6 Å². The number of aryl methyl sites for hydroxylation is 1. The van der Waals surface area contributed by atoms with E-state index >= 15 is 0 Å². The van der Waals surface area contributed by atoms with E-state index in [1.807, 2.05) is 54.1 Å². The molecule has 0 spiro atoms. The standard InChI is InChI=1S/C19H18N6O/c1-25-17-11-14(20)5-8-16(17)24-18(25)23-12-13-3-6-15(7-4-13)26-19-21-9-2-10-22-19/h2-11H,12,20H2,1H3,(H,23,24). The Bertz CT molecular complexity index is 1030. The number of aromatic nitrogens is 4. The average Bonchev–Trinajstić information content (AvgIpc) is 2.98. The zero-order chi connectivity index (χ0) is 17.9. The molecule has 0 aliphatic rings. The minimum absolute atomic E-state index is 0.331. The zero-order valence-corrected chi connectivity index (χ0v) is 14.3. The maximum atomic E-state index is 5.85. The minimum atomic E-state index is 0.331. The zero-order valence-electron chi connectivity index (χ0n) is 14.3. The molecule has 0 unspecified atom stereocenters. The normalized spacial score (nSPS) is 10.8. The number of ether oxygens (including phenoxy) is 1. The van der Waals surface area contributed by atoms with Crippen LogP contribution >= 0.6 is 0 Å². The third kappa shape index (κ3) is 3.27. The molecule has 0 radical (unpaired) electrons. The second-order valence-electron chi connectivity index (χ2n) is 5.87. The molecule has 4 aromatic rings. The molecule has 26 heavy (non-hydrogen) atoms. The maximum absolute atomic E-state index is 5.85. The fourth-order valence-electron chi connectivity index (χ4n) is 2.66. The Morgan fingerprint density at radius 2 is 1.85 bits per heavy atom. The molecule has 7 heteroatoms. The fourth-order valence-corrected chi connectivity index (χ4v) is 2.66. The SMILES string of the molecule is Cn1c(NCc2ccc(Oc3ncccn3)cc2)nc2ccc(N)cc21. The van der Waals surface area contributed by atoms with Gasteiger partial charge in [0.2, 0.25) is 5.95 Å². The summed E-state index contributed by atoms with van der Waals surface area (Å²) in [6, 6.07) is 15.5. The number of fused-ring (bicyclic) bond motifs is 1. The summed E-state index contributed by atoms with van der Waals surface area (Å²) in [6.45, 7) is 0.648. The van der Waals surface area contributed by atoms with Crippen LogP contribution in [0.5, 0.6) is 11.8 Å². The lowest BCUT2D eigenvalue weighted by Crippen LogP contribution is -2.05. The summed E-state index contributed by atoms with van der Waals surface area (Å²) in [6.07, 6.45) is 3.29. The Labute approximate surface area is 150 Å². The van der Waals surface area contributed by atoms with Gasteiger partial charge in [0.25, 0.3) is 0 Å². The van der Waals surface area contributed by atoms with Crippen LogP contribution in [0.15, 0.2) is 60.9 Å². The van der Waals surface area contributed by atoms with Gasteiger partial charge in [0.15, 0.2) is 0 Å². The van der Waals surface area contributed by atoms with Gasteiger partial charge in [0.05, 0.1) is 11.0 Å². The number of anilines is 2. The topological polar surface area (TPSA) is 90.9 Å². The van der Waals surface area contributed by atoms with Crippen LogP contribution in [0.4, 0.5) is 11.6 Å². The Morgan fingerprint density at radius 1 is 1.08 bits per heavy atom. The highest BCUT2D eigenvalue weighted by Gasteiger charge is 2.08. The lowest BCUT2D eigenvalue weighted by Gasteiger charge is -2.08. The van der Waals surface area contributed by atoms with E-state index in [0.717, 1.165) is 28.2 Å². The van der Waals surface area contributed by atoms with Crippen LogP contribution in [-0.4, -0.2) is 19.5 Å². The molecule has 0 saturated heterocycles. The molecule has 0 amide bonds. The van der Waals surface area contributed by atoms with Crippen molar-refractivity contribution in [2.24, 2.45) is 7.05 Å². The second-order valence-corrected chi connectivity index (χ2v) is 5.87. The van der Waals surface area contributed by atoms with Crippen molar-refractivity contribution in [3.63, 3.8) is 0 Å². The van der Waals surface area contributed by atoms with E-state index in [-0.39, 0.29) is 0 Å². The van der Waals surface area contributed by atoms with Crippen LogP contribution in [0.1, 0.15) is 5.56 Å². The number of hydrogen-bond donors (Lipinski definition) is 2. The van der Waals surface area contributed by atoms with Crippen LogP contribution in [0.25, 0.3) is 11.0 Å². The Balaban J connectivity index is 1.44. The highest BCUT2D eigenvalue weighted by molar-refractivity contribution is 5.81. The summed E-state index contributed by atoms with van der Waals surface area (Å²) in [5, 5.41) is 3.35. The molecule has 7 nitrogen and oxygen atoms in total. The fraction of sp³-hybridized carbons (Fsp3) is 0.105. The van der Waals surface area contributed by atoms with Crippen molar-refractivity contribution in [2.45, 2.75) is 6.54 Å². The van der Waals surface area contributed by atoms with Gasteiger partial charge in [-0.15, -0.1) is 0 Å². The first kappa shape index (κ1) is 15.9. The number of hydrogen-bond acceptors (Lipinski definition) is 6. The number of rotatable bonds is 5. The first-order valence-electron chi connectivity index (χ1n) is 8.19. The number of nitrogen functional groups attached to an aromatic ring is 1. The third-order valence-corrected chi connectivity index (χ3v) is 4.03. The van der Waals surface area contributed by atoms with Crippen molar-refractivity contribution in [1.29, 1.82) is 0 Å². The third-order valence-electron chi connectivity index (χ3n) is 4.03. The van der Waals surface area contributed by atoms with Gasteiger partial charge in [-0.25, -0.2) is 15.0 Å². The van der Waals surface area contributed by atoms with Gasteiger partial charge in [0.1, 0.15) is 5.75 Å². The van der Waals surface area contributed by atoms with E-state index in [9.17, 15) is 0 Å². The number of imidazole rings is 1. The number of nitrogens with one attached hydrogen (secondary N) is 1.